The van der Waals surface area contributed by atoms with Crippen LogP contribution in [-0.2, 0) is 16.1 Å². The maximum atomic E-state index is 12.8. The van der Waals surface area contributed by atoms with Crippen LogP contribution in [0.25, 0.3) is 11.5 Å². The van der Waals surface area contributed by atoms with Gasteiger partial charge in [-0.1, -0.05) is 23.4 Å². The maximum absolute atomic E-state index is 12.8. The van der Waals surface area contributed by atoms with Crippen LogP contribution in [0.1, 0.15) is 31.5 Å². The molecular formula is C19H22N4O3. The zero-order chi connectivity index (χ0) is 18.1. The standard InChI is InChI=1S/C19H22N4O3/c1-22(12-16-20-18(26-21-16)13-5-3-2-4-6-13)19(25)14-7-10-17(24)23(11-14)15-8-9-15/h2-6,14-15H,7-12H2,1H3. The summed E-state index contributed by atoms with van der Waals surface area (Å²) in [6.07, 6.45) is 3.20. The number of carbonyl (C=O) groups is 2. The van der Waals surface area contributed by atoms with Gasteiger partial charge in [0.15, 0.2) is 5.82 Å². The van der Waals surface area contributed by atoms with E-state index in [9.17, 15) is 9.59 Å². The summed E-state index contributed by atoms with van der Waals surface area (Å²) in [5.41, 5.74) is 0.853. The van der Waals surface area contributed by atoms with E-state index < -0.39 is 0 Å². The molecule has 4 rings (SSSR count). The van der Waals surface area contributed by atoms with Gasteiger partial charge in [-0.2, -0.15) is 4.98 Å². The van der Waals surface area contributed by atoms with E-state index in [-0.39, 0.29) is 17.7 Å². The van der Waals surface area contributed by atoms with E-state index >= 15 is 0 Å². The van der Waals surface area contributed by atoms with Crippen molar-refractivity contribution < 1.29 is 14.1 Å². The lowest BCUT2D eigenvalue weighted by molar-refractivity contribution is -0.143. The van der Waals surface area contributed by atoms with Gasteiger partial charge in [-0.05, 0) is 31.4 Å². The van der Waals surface area contributed by atoms with E-state index in [1.807, 2.05) is 35.2 Å². The number of hydrogen-bond acceptors (Lipinski definition) is 5. The highest BCUT2D eigenvalue weighted by Crippen LogP contribution is 2.32. The minimum absolute atomic E-state index is 0.0363. The Morgan fingerprint density at radius 1 is 1.27 bits per heavy atom. The Bertz CT molecular complexity index is 800. The molecule has 0 spiro atoms. The fraction of sp³-hybridized carbons (Fsp3) is 0.474. The Kier molecular flexibility index (Phi) is 4.44. The van der Waals surface area contributed by atoms with E-state index in [1.54, 1.807) is 11.9 Å². The average Bonchev–Trinajstić information content (AvgIpc) is 3.41. The van der Waals surface area contributed by atoms with Gasteiger partial charge in [0.2, 0.25) is 11.8 Å². The molecule has 7 nitrogen and oxygen atoms in total. The van der Waals surface area contributed by atoms with Crippen LogP contribution in [0.4, 0.5) is 0 Å². The van der Waals surface area contributed by atoms with Crippen molar-refractivity contribution in [2.75, 3.05) is 13.6 Å². The van der Waals surface area contributed by atoms with Crippen molar-refractivity contribution in [2.45, 2.75) is 38.3 Å². The van der Waals surface area contributed by atoms with Gasteiger partial charge >= 0.3 is 0 Å². The first-order valence-corrected chi connectivity index (χ1v) is 9.04. The third-order valence-corrected chi connectivity index (χ3v) is 5.02. The van der Waals surface area contributed by atoms with E-state index in [0.717, 1.165) is 18.4 Å². The number of piperidine rings is 1. The van der Waals surface area contributed by atoms with Crippen molar-refractivity contribution in [3.05, 3.63) is 36.2 Å². The van der Waals surface area contributed by atoms with Gasteiger partial charge in [-0.3, -0.25) is 9.59 Å². The van der Waals surface area contributed by atoms with E-state index in [0.29, 0.717) is 43.7 Å². The Hall–Kier alpha value is -2.70. The highest BCUT2D eigenvalue weighted by Gasteiger charge is 2.39. The molecule has 2 fully saturated rings. The van der Waals surface area contributed by atoms with Crippen molar-refractivity contribution in [3.63, 3.8) is 0 Å². The van der Waals surface area contributed by atoms with Gasteiger partial charge in [0.25, 0.3) is 5.89 Å². The molecule has 1 aromatic heterocycles. The first kappa shape index (κ1) is 16.8. The molecule has 2 amide bonds. The van der Waals surface area contributed by atoms with Crippen LogP contribution >= 0.6 is 0 Å². The highest BCUT2D eigenvalue weighted by atomic mass is 16.5. The second-order valence-corrected chi connectivity index (χ2v) is 7.09. The summed E-state index contributed by atoms with van der Waals surface area (Å²) >= 11 is 0. The molecule has 1 aromatic carbocycles. The lowest BCUT2D eigenvalue weighted by atomic mass is 9.96. The van der Waals surface area contributed by atoms with Gasteiger partial charge in [-0.15, -0.1) is 0 Å². The summed E-state index contributed by atoms with van der Waals surface area (Å²) in [6, 6.07) is 9.90. The largest absolute Gasteiger partial charge is 0.339 e. The molecule has 136 valence electrons. The second kappa shape index (κ2) is 6.90. The zero-order valence-corrected chi connectivity index (χ0v) is 14.8. The molecule has 1 aliphatic carbocycles. The molecule has 0 bridgehead atoms. The zero-order valence-electron chi connectivity index (χ0n) is 14.8. The summed E-state index contributed by atoms with van der Waals surface area (Å²) in [6.45, 7) is 0.831. The van der Waals surface area contributed by atoms with Crippen molar-refractivity contribution in [1.82, 2.24) is 19.9 Å². The van der Waals surface area contributed by atoms with Gasteiger partial charge in [0, 0.05) is 31.6 Å². The van der Waals surface area contributed by atoms with E-state index in [2.05, 4.69) is 10.1 Å². The number of rotatable bonds is 5. The van der Waals surface area contributed by atoms with Crippen LogP contribution in [-0.4, -0.2) is 51.4 Å². The molecule has 1 atom stereocenters. The third-order valence-electron chi connectivity index (χ3n) is 5.02. The van der Waals surface area contributed by atoms with Crippen LogP contribution in [0.3, 0.4) is 0 Å². The summed E-state index contributed by atoms with van der Waals surface area (Å²) in [7, 11) is 1.75. The molecule has 1 aliphatic heterocycles. The number of aromatic nitrogens is 2. The quantitative estimate of drug-likeness (QED) is 0.821. The van der Waals surface area contributed by atoms with Crippen molar-refractivity contribution in [3.8, 4) is 11.5 Å². The van der Waals surface area contributed by atoms with Gasteiger partial charge in [-0.25, -0.2) is 0 Å². The number of nitrogens with zero attached hydrogens (tertiary/aromatic N) is 4. The summed E-state index contributed by atoms with van der Waals surface area (Å²) in [4.78, 5) is 32.7. The molecule has 2 heterocycles. The fourth-order valence-electron chi connectivity index (χ4n) is 3.43. The van der Waals surface area contributed by atoms with Crippen molar-refractivity contribution in [1.29, 1.82) is 0 Å². The molecular weight excluding hydrogens is 332 g/mol. The number of likely N-dealkylation sites (tertiary alicyclic amines) is 1. The monoisotopic (exact) mass is 354 g/mol. The highest BCUT2D eigenvalue weighted by molar-refractivity contribution is 5.84. The fourth-order valence-corrected chi connectivity index (χ4v) is 3.43. The molecule has 26 heavy (non-hydrogen) atoms. The molecule has 1 saturated heterocycles. The van der Waals surface area contributed by atoms with Gasteiger partial charge < -0.3 is 14.3 Å². The van der Waals surface area contributed by atoms with Crippen LogP contribution in [0.5, 0.6) is 0 Å². The minimum Gasteiger partial charge on any atom is -0.339 e. The lowest BCUT2D eigenvalue weighted by Crippen LogP contribution is -2.46. The Morgan fingerprint density at radius 3 is 2.77 bits per heavy atom. The molecule has 1 saturated carbocycles. The van der Waals surface area contributed by atoms with Gasteiger partial charge in [0.1, 0.15) is 0 Å². The molecule has 7 heteroatoms. The van der Waals surface area contributed by atoms with Gasteiger partial charge in [0.05, 0.1) is 12.5 Å². The summed E-state index contributed by atoms with van der Waals surface area (Å²) in [5, 5.41) is 3.98. The number of hydrogen-bond donors (Lipinski definition) is 0. The normalized spacial score (nSPS) is 20.3. The summed E-state index contributed by atoms with van der Waals surface area (Å²) < 4.78 is 5.30. The first-order chi connectivity index (χ1) is 12.6. The van der Waals surface area contributed by atoms with E-state index in [4.69, 9.17) is 4.52 Å². The van der Waals surface area contributed by atoms with Crippen molar-refractivity contribution >= 4 is 11.8 Å². The van der Waals surface area contributed by atoms with E-state index in [1.165, 1.54) is 0 Å². The smallest absolute Gasteiger partial charge is 0.257 e. The van der Waals surface area contributed by atoms with Crippen LogP contribution in [0.2, 0.25) is 0 Å². The summed E-state index contributed by atoms with van der Waals surface area (Å²) in [5.74, 6) is 1.01. The second-order valence-electron chi connectivity index (χ2n) is 7.09. The molecule has 2 aliphatic rings. The molecule has 0 N–H and O–H groups in total. The average molecular weight is 354 g/mol. The van der Waals surface area contributed by atoms with Crippen LogP contribution in [0.15, 0.2) is 34.9 Å². The molecule has 1 unspecified atom stereocenters. The maximum Gasteiger partial charge on any atom is 0.257 e. The van der Waals surface area contributed by atoms with Crippen LogP contribution < -0.4 is 0 Å². The predicted octanol–water partition coefficient (Wildman–Crippen LogP) is 2.10. The number of amides is 2. The van der Waals surface area contributed by atoms with Crippen LogP contribution in [0, 0.1) is 5.92 Å². The number of carbonyl (C=O) groups excluding carboxylic acids is 2. The molecule has 0 radical (unpaired) electrons. The Labute approximate surface area is 152 Å². The third kappa shape index (κ3) is 3.47. The SMILES string of the molecule is CN(Cc1noc(-c2ccccc2)n1)C(=O)C1CCC(=O)N(C2CC2)C1. The lowest BCUT2D eigenvalue weighted by Gasteiger charge is -2.33. The first-order valence-electron chi connectivity index (χ1n) is 9.04. The van der Waals surface area contributed by atoms with Crippen molar-refractivity contribution in [2.24, 2.45) is 5.92 Å². The predicted molar refractivity (Wildman–Crippen MR) is 93.7 cm³/mol. The Morgan fingerprint density at radius 2 is 2.04 bits per heavy atom. The Balaban J connectivity index is 1.38. The number of benzene rings is 1. The topological polar surface area (TPSA) is 79.5 Å². The minimum atomic E-state index is -0.140. The molecule has 2 aromatic rings.